The molecule has 3 aliphatic heterocycles. The zero-order chi connectivity index (χ0) is 29.7. The van der Waals surface area contributed by atoms with Gasteiger partial charge in [-0.05, 0) is 94.5 Å². The highest BCUT2D eigenvalue weighted by Crippen LogP contribution is 2.70. The summed E-state index contributed by atoms with van der Waals surface area (Å²) in [5.41, 5.74) is -0.492. The van der Waals surface area contributed by atoms with Gasteiger partial charge < -0.3 is 33.5 Å². The van der Waals surface area contributed by atoms with E-state index in [0.29, 0.717) is 31.1 Å². The predicted molar refractivity (Wildman–Crippen MR) is 150 cm³/mol. The van der Waals surface area contributed by atoms with Gasteiger partial charge in [0.2, 0.25) is 0 Å². The number of fused-ring (bicyclic) bond motifs is 6. The van der Waals surface area contributed by atoms with Crippen molar-refractivity contribution in [3.63, 3.8) is 0 Å². The largest absolute Gasteiger partial charge is 0.464 e. The van der Waals surface area contributed by atoms with Crippen molar-refractivity contribution in [1.82, 2.24) is 0 Å². The summed E-state index contributed by atoms with van der Waals surface area (Å²) >= 11 is 0. The van der Waals surface area contributed by atoms with Gasteiger partial charge in [-0.3, -0.25) is 4.79 Å². The van der Waals surface area contributed by atoms with Gasteiger partial charge in [-0.1, -0.05) is 13.8 Å². The quantitative estimate of drug-likeness (QED) is 0.283. The lowest BCUT2D eigenvalue weighted by Crippen LogP contribution is -2.62. The second-order valence-corrected chi connectivity index (χ2v) is 15.3. The third-order valence-corrected chi connectivity index (χ3v) is 12.9. The van der Waals surface area contributed by atoms with Crippen LogP contribution in [-0.4, -0.2) is 72.4 Å². The lowest BCUT2D eigenvalue weighted by atomic mass is 9.43. The first-order chi connectivity index (χ1) is 19.9. The van der Waals surface area contributed by atoms with E-state index in [1.165, 1.54) is 0 Å². The van der Waals surface area contributed by atoms with Crippen LogP contribution >= 0.6 is 0 Å². The molecular formula is C33H48O9. The van der Waals surface area contributed by atoms with Crippen LogP contribution in [0.2, 0.25) is 0 Å². The number of ether oxygens (including phenoxy) is 6. The fourth-order valence-corrected chi connectivity index (χ4v) is 11.0. The van der Waals surface area contributed by atoms with Crippen molar-refractivity contribution >= 4 is 12.4 Å². The standard InChI is InChI=1S/C33H48O9/c1-18-29-24(41-30(2,3)42-29)14-27(39-18)40-21-8-10-31(4)20(13-21)6-7-23-22(31)9-11-32(5)28(19-12-26(35)37-16-19)25(38-17-34)15-33(23,32)36/h12,17-18,20-25,27-29,36H,6-11,13-16H2,1-5H3/t18-,20-,21+,22+,23-,24+,25+,27+,28+,29-,31+,32-,33+/m1/s1. The summed E-state index contributed by atoms with van der Waals surface area (Å²) in [6.07, 6.45) is 8.79. The van der Waals surface area contributed by atoms with Crippen LogP contribution in [0.5, 0.6) is 0 Å². The number of aliphatic hydroxyl groups is 1. The molecule has 0 aromatic carbocycles. The van der Waals surface area contributed by atoms with Gasteiger partial charge in [0.05, 0.1) is 23.9 Å². The number of carbonyl (C=O) groups is 2. The van der Waals surface area contributed by atoms with E-state index in [1.807, 2.05) is 20.8 Å². The van der Waals surface area contributed by atoms with Gasteiger partial charge in [-0.25, -0.2) is 4.79 Å². The van der Waals surface area contributed by atoms with Crippen LogP contribution in [0, 0.1) is 34.5 Å². The normalized spacial score (nSPS) is 52.8. The fraction of sp³-hybridized carbons (Fsp3) is 0.879. The molecule has 0 unspecified atom stereocenters. The van der Waals surface area contributed by atoms with Crippen molar-refractivity contribution < 1.29 is 43.1 Å². The molecule has 42 heavy (non-hydrogen) atoms. The molecule has 0 bridgehead atoms. The molecule has 13 atom stereocenters. The third kappa shape index (κ3) is 4.35. The molecule has 1 N–H and O–H groups in total. The lowest BCUT2D eigenvalue weighted by Gasteiger charge is -2.63. The maximum atomic E-state index is 12.7. The number of cyclic esters (lactones) is 1. The Balaban J connectivity index is 1.06. The van der Waals surface area contributed by atoms with Crippen molar-refractivity contribution in [2.75, 3.05) is 6.61 Å². The Bertz CT molecular complexity index is 1140. The lowest BCUT2D eigenvalue weighted by molar-refractivity contribution is -0.257. The van der Waals surface area contributed by atoms with Crippen LogP contribution in [0.25, 0.3) is 0 Å². The van der Waals surface area contributed by atoms with Crippen molar-refractivity contribution in [2.45, 2.75) is 141 Å². The average Bonchev–Trinajstić information content (AvgIpc) is 3.54. The minimum atomic E-state index is -0.970. The van der Waals surface area contributed by atoms with Gasteiger partial charge >= 0.3 is 5.97 Å². The molecule has 0 amide bonds. The van der Waals surface area contributed by atoms with Crippen molar-refractivity contribution in [2.24, 2.45) is 34.5 Å². The maximum Gasteiger partial charge on any atom is 0.331 e. The molecule has 7 aliphatic rings. The maximum absolute atomic E-state index is 12.7. The predicted octanol–water partition coefficient (Wildman–Crippen LogP) is 4.44. The Morgan fingerprint density at radius 1 is 1.02 bits per heavy atom. The Labute approximate surface area is 248 Å². The monoisotopic (exact) mass is 588 g/mol. The van der Waals surface area contributed by atoms with Gasteiger partial charge in [-0.2, -0.15) is 0 Å². The summed E-state index contributed by atoms with van der Waals surface area (Å²) in [6, 6.07) is 0. The molecule has 0 aromatic heterocycles. The number of hydrogen-bond acceptors (Lipinski definition) is 9. The van der Waals surface area contributed by atoms with E-state index in [2.05, 4.69) is 13.8 Å². The summed E-state index contributed by atoms with van der Waals surface area (Å²) in [7, 11) is 0. The highest BCUT2D eigenvalue weighted by atomic mass is 16.8. The molecule has 6 fully saturated rings. The highest BCUT2D eigenvalue weighted by molar-refractivity contribution is 5.85. The van der Waals surface area contributed by atoms with Crippen molar-refractivity contribution in [1.29, 1.82) is 0 Å². The highest BCUT2D eigenvalue weighted by Gasteiger charge is 2.71. The molecule has 234 valence electrons. The number of carbonyl (C=O) groups excluding carboxylic acids is 2. The van der Waals surface area contributed by atoms with E-state index in [4.69, 9.17) is 28.4 Å². The van der Waals surface area contributed by atoms with E-state index in [-0.39, 0.29) is 60.5 Å². The van der Waals surface area contributed by atoms with Gasteiger partial charge in [0.15, 0.2) is 12.1 Å². The molecule has 4 saturated carbocycles. The minimum Gasteiger partial charge on any atom is -0.464 e. The number of esters is 1. The summed E-state index contributed by atoms with van der Waals surface area (Å²) in [5.74, 6) is -0.127. The average molecular weight is 589 g/mol. The molecule has 9 nitrogen and oxygen atoms in total. The van der Waals surface area contributed by atoms with Crippen LogP contribution in [0.3, 0.4) is 0 Å². The first-order valence-electron chi connectivity index (χ1n) is 16.2. The van der Waals surface area contributed by atoms with E-state index < -0.39 is 22.9 Å². The van der Waals surface area contributed by atoms with Crippen LogP contribution in [0.15, 0.2) is 11.6 Å². The fourth-order valence-electron chi connectivity index (χ4n) is 11.0. The van der Waals surface area contributed by atoms with Crippen LogP contribution in [-0.2, 0) is 38.0 Å². The SMILES string of the molecule is C[C@H]1O[C@@H](O[C@H]2CC[C@@]3(C)[C@H](CC[C@@H]4[C@@H]3CC[C@]3(C)[C@@H](C5=CC(=O)OC5)[C@@H](OC=O)C[C@]43O)C2)C[C@@H]2OC(C)(C)O[C@@H]21. The van der Waals surface area contributed by atoms with Gasteiger partial charge in [-0.15, -0.1) is 0 Å². The van der Waals surface area contributed by atoms with Crippen molar-refractivity contribution in [3.8, 4) is 0 Å². The molecule has 9 heteroatoms. The van der Waals surface area contributed by atoms with E-state index in [0.717, 1.165) is 50.5 Å². The Morgan fingerprint density at radius 2 is 1.83 bits per heavy atom. The topological polar surface area (TPSA) is 110 Å². The molecule has 4 aliphatic carbocycles. The molecular weight excluding hydrogens is 540 g/mol. The molecule has 7 rings (SSSR count). The summed E-state index contributed by atoms with van der Waals surface area (Å²) < 4.78 is 36.0. The third-order valence-electron chi connectivity index (χ3n) is 12.9. The molecule has 0 aromatic rings. The van der Waals surface area contributed by atoms with Gasteiger partial charge in [0.1, 0.15) is 18.8 Å². The second-order valence-electron chi connectivity index (χ2n) is 15.3. The smallest absolute Gasteiger partial charge is 0.331 e. The Hall–Kier alpha value is -1.52. The molecule has 0 spiro atoms. The Kier molecular flexibility index (Phi) is 6.95. The summed E-state index contributed by atoms with van der Waals surface area (Å²) in [4.78, 5) is 23.5. The summed E-state index contributed by atoms with van der Waals surface area (Å²) in [5, 5.41) is 12.7. The zero-order valence-corrected chi connectivity index (χ0v) is 25.7. The first kappa shape index (κ1) is 29.2. The minimum absolute atomic E-state index is 0.0118. The zero-order valence-electron chi connectivity index (χ0n) is 25.7. The summed E-state index contributed by atoms with van der Waals surface area (Å²) in [6.45, 7) is 11.3. The molecule has 0 radical (unpaired) electrons. The molecule has 2 saturated heterocycles. The van der Waals surface area contributed by atoms with Gasteiger partial charge in [0.25, 0.3) is 6.47 Å². The first-order valence-corrected chi connectivity index (χ1v) is 16.2. The van der Waals surface area contributed by atoms with E-state index >= 15 is 0 Å². The van der Waals surface area contributed by atoms with E-state index in [9.17, 15) is 14.7 Å². The molecule has 3 heterocycles. The number of rotatable bonds is 5. The number of hydrogen-bond donors (Lipinski definition) is 1. The Morgan fingerprint density at radius 3 is 2.57 bits per heavy atom. The van der Waals surface area contributed by atoms with Crippen molar-refractivity contribution in [3.05, 3.63) is 11.6 Å². The second kappa shape index (κ2) is 9.99. The van der Waals surface area contributed by atoms with Crippen LogP contribution < -0.4 is 0 Å². The van der Waals surface area contributed by atoms with E-state index in [1.54, 1.807) is 6.08 Å². The van der Waals surface area contributed by atoms with Gasteiger partial charge in [0, 0.05) is 30.3 Å². The van der Waals surface area contributed by atoms with Crippen LogP contribution in [0.4, 0.5) is 0 Å². The van der Waals surface area contributed by atoms with Crippen LogP contribution in [0.1, 0.15) is 92.4 Å².